The Morgan fingerprint density at radius 1 is 1.43 bits per heavy atom. The lowest BCUT2D eigenvalue weighted by molar-refractivity contribution is 0.0693. The van der Waals surface area contributed by atoms with Crippen LogP contribution in [0.15, 0.2) is 23.7 Å². The lowest BCUT2D eigenvalue weighted by Crippen LogP contribution is -2.17. The maximum Gasteiger partial charge on any atom is 0.339 e. The average molecular weight is 306 g/mol. The first-order valence-corrected chi connectivity index (χ1v) is 7.37. The molecule has 0 atom stereocenters. The molecule has 2 rings (SSSR count). The van der Waals surface area contributed by atoms with Crippen LogP contribution in [0.25, 0.3) is 0 Å². The zero-order valence-corrected chi connectivity index (χ0v) is 13.1. The molecule has 112 valence electrons. The Morgan fingerprint density at radius 3 is 2.76 bits per heavy atom. The minimum Gasteiger partial charge on any atom is -0.496 e. The van der Waals surface area contributed by atoms with E-state index in [1.165, 1.54) is 12.0 Å². The van der Waals surface area contributed by atoms with Crippen molar-refractivity contribution in [3.05, 3.63) is 45.4 Å². The number of aromatic nitrogens is 1. The standard InChI is InChI=1S/C15H18N2O3S/c1-10-14(21-9-16-10)8-17(2)7-11-4-5-12(15(18)19)13(6-11)20-3/h4-6,9H,7-8H2,1-3H3,(H,18,19). The fourth-order valence-corrected chi connectivity index (χ4v) is 2.96. The Bertz CT molecular complexity index is 640. The first-order valence-electron chi connectivity index (χ1n) is 6.49. The molecule has 0 amide bonds. The lowest BCUT2D eigenvalue weighted by atomic mass is 10.1. The van der Waals surface area contributed by atoms with E-state index in [1.54, 1.807) is 23.5 Å². The number of hydrogen-bond acceptors (Lipinski definition) is 5. The van der Waals surface area contributed by atoms with Crippen LogP contribution in [0, 0.1) is 6.92 Å². The van der Waals surface area contributed by atoms with Crippen molar-refractivity contribution in [3.63, 3.8) is 0 Å². The number of carboxylic acids is 1. The molecule has 2 aromatic rings. The van der Waals surface area contributed by atoms with Gasteiger partial charge in [0, 0.05) is 18.0 Å². The molecule has 0 radical (unpaired) electrons. The molecule has 1 N–H and O–H groups in total. The highest BCUT2D eigenvalue weighted by Gasteiger charge is 2.12. The van der Waals surface area contributed by atoms with Gasteiger partial charge in [-0.3, -0.25) is 4.90 Å². The Hall–Kier alpha value is -1.92. The highest BCUT2D eigenvalue weighted by molar-refractivity contribution is 7.09. The molecule has 0 saturated heterocycles. The van der Waals surface area contributed by atoms with Gasteiger partial charge >= 0.3 is 5.97 Å². The summed E-state index contributed by atoms with van der Waals surface area (Å²) in [5.74, 6) is -0.589. The number of carbonyl (C=O) groups is 1. The van der Waals surface area contributed by atoms with Crippen LogP contribution in [-0.4, -0.2) is 35.1 Å². The van der Waals surface area contributed by atoms with Crippen LogP contribution in [0.5, 0.6) is 5.75 Å². The number of aromatic carboxylic acids is 1. The molecular formula is C15H18N2O3S. The van der Waals surface area contributed by atoms with Gasteiger partial charge in [-0.15, -0.1) is 11.3 Å². The number of rotatable bonds is 6. The predicted molar refractivity (Wildman–Crippen MR) is 82.0 cm³/mol. The third-order valence-electron chi connectivity index (χ3n) is 3.21. The molecule has 21 heavy (non-hydrogen) atoms. The molecular weight excluding hydrogens is 288 g/mol. The quantitative estimate of drug-likeness (QED) is 0.889. The van der Waals surface area contributed by atoms with E-state index in [2.05, 4.69) is 9.88 Å². The van der Waals surface area contributed by atoms with Crippen molar-refractivity contribution in [2.45, 2.75) is 20.0 Å². The third kappa shape index (κ3) is 3.80. The number of benzene rings is 1. The summed E-state index contributed by atoms with van der Waals surface area (Å²) >= 11 is 1.65. The molecule has 0 bridgehead atoms. The van der Waals surface area contributed by atoms with E-state index < -0.39 is 5.97 Å². The predicted octanol–water partition coefficient (Wildman–Crippen LogP) is 2.79. The number of thiazole rings is 1. The fraction of sp³-hybridized carbons (Fsp3) is 0.333. The lowest BCUT2D eigenvalue weighted by Gasteiger charge is -2.17. The number of nitrogens with zero attached hydrogens (tertiary/aromatic N) is 2. The molecule has 5 nitrogen and oxygen atoms in total. The Kier molecular flexibility index (Phi) is 4.93. The summed E-state index contributed by atoms with van der Waals surface area (Å²) in [7, 11) is 3.51. The molecule has 0 fully saturated rings. The van der Waals surface area contributed by atoms with E-state index in [4.69, 9.17) is 9.84 Å². The third-order valence-corrected chi connectivity index (χ3v) is 4.13. The van der Waals surface area contributed by atoms with Gasteiger partial charge < -0.3 is 9.84 Å². The van der Waals surface area contributed by atoms with Gasteiger partial charge in [0.2, 0.25) is 0 Å². The molecule has 0 aliphatic heterocycles. The number of ether oxygens (including phenoxy) is 1. The summed E-state index contributed by atoms with van der Waals surface area (Å²) in [6.45, 7) is 3.54. The number of hydrogen-bond donors (Lipinski definition) is 1. The van der Waals surface area contributed by atoms with E-state index in [0.717, 1.165) is 17.8 Å². The van der Waals surface area contributed by atoms with E-state index in [9.17, 15) is 4.79 Å². The highest BCUT2D eigenvalue weighted by atomic mass is 32.1. The van der Waals surface area contributed by atoms with Gasteiger partial charge in [0.15, 0.2) is 0 Å². The maximum atomic E-state index is 11.1. The van der Waals surface area contributed by atoms with Crippen LogP contribution in [0.3, 0.4) is 0 Å². The molecule has 1 heterocycles. The average Bonchev–Trinajstić information content (AvgIpc) is 2.83. The van der Waals surface area contributed by atoms with Crippen molar-refractivity contribution in [1.29, 1.82) is 0 Å². The summed E-state index contributed by atoms with van der Waals surface area (Å²) in [6, 6.07) is 5.18. The van der Waals surface area contributed by atoms with E-state index in [-0.39, 0.29) is 5.56 Å². The van der Waals surface area contributed by atoms with Crippen molar-refractivity contribution in [2.75, 3.05) is 14.2 Å². The first-order chi connectivity index (χ1) is 10.0. The zero-order valence-electron chi connectivity index (χ0n) is 12.3. The molecule has 1 aromatic heterocycles. The normalized spacial score (nSPS) is 10.9. The van der Waals surface area contributed by atoms with Crippen molar-refractivity contribution in [3.8, 4) is 5.75 Å². The fourth-order valence-electron chi connectivity index (χ4n) is 2.10. The molecule has 0 spiro atoms. The number of carboxylic acid groups (broad SMARTS) is 1. The maximum absolute atomic E-state index is 11.1. The summed E-state index contributed by atoms with van der Waals surface area (Å²) in [4.78, 5) is 18.7. The van der Waals surface area contributed by atoms with E-state index in [1.807, 2.05) is 25.5 Å². The van der Waals surface area contributed by atoms with Crippen LogP contribution in [-0.2, 0) is 13.1 Å². The summed E-state index contributed by atoms with van der Waals surface area (Å²) < 4.78 is 5.15. The van der Waals surface area contributed by atoms with Gasteiger partial charge in [-0.2, -0.15) is 0 Å². The van der Waals surface area contributed by atoms with Crippen LogP contribution in [0.1, 0.15) is 26.5 Å². The van der Waals surface area contributed by atoms with Crippen LogP contribution < -0.4 is 4.74 Å². The second-order valence-corrected chi connectivity index (χ2v) is 5.81. The Morgan fingerprint density at radius 2 is 2.19 bits per heavy atom. The van der Waals surface area contributed by atoms with Crippen molar-refractivity contribution >= 4 is 17.3 Å². The van der Waals surface area contributed by atoms with E-state index in [0.29, 0.717) is 12.3 Å². The smallest absolute Gasteiger partial charge is 0.339 e. The first kappa shape index (κ1) is 15.5. The number of aryl methyl sites for hydroxylation is 1. The van der Waals surface area contributed by atoms with Gasteiger partial charge in [0.25, 0.3) is 0 Å². The molecule has 0 saturated carbocycles. The minimum atomic E-state index is -0.980. The van der Waals surface area contributed by atoms with Crippen LogP contribution in [0.2, 0.25) is 0 Å². The molecule has 0 unspecified atom stereocenters. The van der Waals surface area contributed by atoms with Gasteiger partial charge in [0.05, 0.1) is 18.3 Å². The second kappa shape index (κ2) is 6.69. The van der Waals surface area contributed by atoms with Crippen molar-refractivity contribution < 1.29 is 14.6 Å². The topological polar surface area (TPSA) is 62.7 Å². The summed E-state index contributed by atoms with van der Waals surface area (Å²) in [6.07, 6.45) is 0. The monoisotopic (exact) mass is 306 g/mol. The summed E-state index contributed by atoms with van der Waals surface area (Å²) in [5, 5.41) is 9.08. The largest absolute Gasteiger partial charge is 0.496 e. The van der Waals surface area contributed by atoms with Crippen molar-refractivity contribution in [1.82, 2.24) is 9.88 Å². The SMILES string of the molecule is COc1cc(CN(C)Cc2scnc2C)ccc1C(=O)O. The summed E-state index contributed by atoms with van der Waals surface area (Å²) in [5.41, 5.74) is 4.11. The van der Waals surface area contributed by atoms with Crippen molar-refractivity contribution in [2.24, 2.45) is 0 Å². The molecule has 6 heteroatoms. The number of methoxy groups -OCH3 is 1. The molecule has 0 aliphatic rings. The Balaban J connectivity index is 2.09. The van der Waals surface area contributed by atoms with Crippen LogP contribution >= 0.6 is 11.3 Å². The Labute approximate surface area is 127 Å². The molecule has 0 aliphatic carbocycles. The molecule has 1 aromatic carbocycles. The minimum absolute atomic E-state index is 0.183. The van der Waals surface area contributed by atoms with E-state index >= 15 is 0 Å². The van der Waals surface area contributed by atoms with Gasteiger partial charge in [-0.25, -0.2) is 9.78 Å². The highest BCUT2D eigenvalue weighted by Crippen LogP contribution is 2.22. The second-order valence-electron chi connectivity index (χ2n) is 4.87. The van der Waals surface area contributed by atoms with Gasteiger partial charge in [-0.1, -0.05) is 6.07 Å². The zero-order chi connectivity index (χ0) is 15.4. The van der Waals surface area contributed by atoms with Gasteiger partial charge in [0.1, 0.15) is 11.3 Å². The van der Waals surface area contributed by atoms with Gasteiger partial charge in [-0.05, 0) is 31.7 Å². The van der Waals surface area contributed by atoms with Crippen LogP contribution in [0.4, 0.5) is 0 Å².